The van der Waals surface area contributed by atoms with Crippen LogP contribution < -0.4 is 4.74 Å². The van der Waals surface area contributed by atoms with E-state index in [-0.39, 0.29) is 18.3 Å². The minimum absolute atomic E-state index is 0.0328. The van der Waals surface area contributed by atoms with Crippen LogP contribution in [0.5, 0.6) is 5.75 Å². The molecule has 1 aliphatic heterocycles. The minimum atomic E-state index is -0.780. The van der Waals surface area contributed by atoms with Crippen LogP contribution in [0.2, 0.25) is 0 Å². The van der Waals surface area contributed by atoms with E-state index in [0.717, 1.165) is 47.2 Å². The smallest absolute Gasteiger partial charge is 0.303 e. The number of nitrogens with zero attached hydrogens (tertiary/aromatic N) is 3. The Kier molecular flexibility index (Phi) is 8.30. The second-order valence-corrected chi connectivity index (χ2v) is 9.06. The average molecular weight is 474 g/mol. The molecule has 0 spiro atoms. The Morgan fingerprint density at radius 1 is 1.20 bits per heavy atom. The number of aliphatic hydroxyl groups is 1. The van der Waals surface area contributed by atoms with E-state index in [4.69, 9.17) is 4.74 Å². The molecule has 2 N–H and O–H groups in total. The van der Waals surface area contributed by atoms with Crippen molar-refractivity contribution in [2.24, 2.45) is 11.8 Å². The number of carboxylic acids is 1. The molecule has 2 aromatic heterocycles. The fraction of sp³-hybridized carbons (Fsp3) is 0.393. The summed E-state index contributed by atoms with van der Waals surface area (Å²) in [6.07, 6.45) is 6.86. The second kappa shape index (κ2) is 11.8. The van der Waals surface area contributed by atoms with Crippen LogP contribution in [0.15, 0.2) is 55.0 Å². The Balaban J connectivity index is 1.39. The van der Waals surface area contributed by atoms with E-state index < -0.39 is 12.1 Å². The summed E-state index contributed by atoms with van der Waals surface area (Å²) < 4.78 is 5.34. The van der Waals surface area contributed by atoms with Crippen LogP contribution in [-0.4, -0.2) is 57.8 Å². The number of pyridine rings is 2. The van der Waals surface area contributed by atoms with Gasteiger partial charge >= 0.3 is 5.97 Å². The molecule has 1 fully saturated rings. The number of methoxy groups -OCH3 is 1. The van der Waals surface area contributed by atoms with Crippen LogP contribution in [0.4, 0.5) is 0 Å². The van der Waals surface area contributed by atoms with Gasteiger partial charge in [-0.2, -0.15) is 0 Å². The molecule has 1 aliphatic rings. The van der Waals surface area contributed by atoms with Gasteiger partial charge in [0, 0.05) is 42.5 Å². The largest absolute Gasteiger partial charge is 0.497 e. The maximum absolute atomic E-state index is 11.6. The number of carbonyl (C=O) groups is 1. The molecule has 0 saturated carbocycles. The number of aliphatic hydroxyl groups excluding tert-OH is 1. The van der Waals surface area contributed by atoms with E-state index in [2.05, 4.69) is 26.7 Å². The number of benzene rings is 1. The average Bonchev–Trinajstić information content (AvgIpc) is 2.87. The predicted molar refractivity (Wildman–Crippen MR) is 134 cm³/mol. The third-order valence-corrected chi connectivity index (χ3v) is 6.78. The molecule has 0 amide bonds. The summed E-state index contributed by atoms with van der Waals surface area (Å²) in [5.74, 6) is 6.57. The van der Waals surface area contributed by atoms with Crippen LogP contribution in [-0.2, 0) is 4.79 Å². The highest BCUT2D eigenvalue weighted by molar-refractivity contribution is 5.83. The molecule has 7 heteroatoms. The molecule has 0 bridgehead atoms. The zero-order chi connectivity index (χ0) is 24.6. The maximum Gasteiger partial charge on any atom is 0.303 e. The van der Waals surface area contributed by atoms with Crippen LogP contribution in [0.25, 0.3) is 10.9 Å². The summed E-state index contributed by atoms with van der Waals surface area (Å²) >= 11 is 0. The molecule has 3 atom stereocenters. The molecule has 35 heavy (non-hydrogen) atoms. The van der Waals surface area contributed by atoms with E-state index in [1.54, 1.807) is 25.7 Å². The lowest BCUT2D eigenvalue weighted by atomic mass is 9.79. The van der Waals surface area contributed by atoms with Crippen LogP contribution >= 0.6 is 0 Å². The second-order valence-electron chi connectivity index (χ2n) is 9.06. The van der Waals surface area contributed by atoms with Gasteiger partial charge < -0.3 is 14.9 Å². The Hall–Kier alpha value is -3.47. The summed E-state index contributed by atoms with van der Waals surface area (Å²) in [5.41, 5.74) is 2.56. The number of hydrogen-bond donors (Lipinski definition) is 2. The van der Waals surface area contributed by atoms with Gasteiger partial charge in [-0.1, -0.05) is 11.8 Å². The van der Waals surface area contributed by atoms with E-state index in [0.29, 0.717) is 19.5 Å². The highest BCUT2D eigenvalue weighted by atomic mass is 16.5. The number of piperidine rings is 1. The monoisotopic (exact) mass is 473 g/mol. The van der Waals surface area contributed by atoms with Gasteiger partial charge in [-0.25, -0.2) is 0 Å². The van der Waals surface area contributed by atoms with Crippen molar-refractivity contribution in [3.63, 3.8) is 0 Å². The van der Waals surface area contributed by atoms with Crippen molar-refractivity contribution in [2.45, 2.75) is 31.8 Å². The highest BCUT2D eigenvalue weighted by Crippen LogP contribution is 2.34. The number of carboxylic acid groups (broad SMARTS) is 1. The van der Waals surface area contributed by atoms with E-state index in [1.807, 2.05) is 36.4 Å². The number of aliphatic carboxylic acids is 1. The zero-order valence-electron chi connectivity index (χ0n) is 19.9. The molecule has 4 rings (SSSR count). The quantitative estimate of drug-likeness (QED) is 0.479. The van der Waals surface area contributed by atoms with Crippen LogP contribution in [0, 0.1) is 23.7 Å². The van der Waals surface area contributed by atoms with Crippen LogP contribution in [0.1, 0.15) is 42.9 Å². The number of hydrogen-bond acceptors (Lipinski definition) is 6. The van der Waals surface area contributed by atoms with Crippen molar-refractivity contribution >= 4 is 16.9 Å². The first-order chi connectivity index (χ1) is 17.0. The van der Waals surface area contributed by atoms with E-state index in [1.165, 1.54) is 0 Å². The van der Waals surface area contributed by atoms with Crippen molar-refractivity contribution in [1.29, 1.82) is 0 Å². The minimum Gasteiger partial charge on any atom is -0.497 e. The lowest BCUT2D eigenvalue weighted by Crippen LogP contribution is -2.41. The van der Waals surface area contributed by atoms with E-state index in [9.17, 15) is 15.0 Å². The Morgan fingerprint density at radius 3 is 2.80 bits per heavy atom. The van der Waals surface area contributed by atoms with Gasteiger partial charge in [0.2, 0.25) is 0 Å². The Bertz CT molecular complexity index is 1210. The molecule has 0 aliphatic carbocycles. The zero-order valence-corrected chi connectivity index (χ0v) is 19.9. The molecule has 1 saturated heterocycles. The first-order valence-corrected chi connectivity index (χ1v) is 12.0. The SMILES string of the molecule is COc1ccc2nccc([C@@H](O)CC[C@@H]3CCN(CC#Cc4ccncc4)C[C@@H]3CC(=O)O)c2c1. The molecule has 3 aromatic rings. The first kappa shape index (κ1) is 24.6. The normalized spacial score (nSPS) is 19.0. The summed E-state index contributed by atoms with van der Waals surface area (Å²) in [5, 5.41) is 21.4. The lowest BCUT2D eigenvalue weighted by Gasteiger charge is -2.37. The fourth-order valence-corrected chi connectivity index (χ4v) is 4.92. The number of aromatic nitrogens is 2. The fourth-order valence-electron chi connectivity index (χ4n) is 4.92. The predicted octanol–water partition coefficient (Wildman–Crippen LogP) is 3.92. The van der Waals surface area contributed by atoms with Gasteiger partial charge in [-0.3, -0.25) is 19.7 Å². The van der Waals surface area contributed by atoms with Crippen molar-refractivity contribution in [3.05, 3.63) is 66.1 Å². The lowest BCUT2D eigenvalue weighted by molar-refractivity contribution is -0.139. The molecule has 1 aromatic carbocycles. The molecule has 7 nitrogen and oxygen atoms in total. The van der Waals surface area contributed by atoms with Gasteiger partial charge in [0.15, 0.2) is 0 Å². The summed E-state index contributed by atoms with van der Waals surface area (Å²) in [6.45, 7) is 2.18. The maximum atomic E-state index is 11.6. The van der Waals surface area contributed by atoms with Gasteiger partial charge in [0.1, 0.15) is 5.75 Å². The van der Waals surface area contributed by atoms with Crippen molar-refractivity contribution in [1.82, 2.24) is 14.9 Å². The van der Waals surface area contributed by atoms with E-state index >= 15 is 0 Å². The summed E-state index contributed by atoms with van der Waals surface area (Å²) in [4.78, 5) is 22.2. The van der Waals surface area contributed by atoms with Gasteiger partial charge in [-0.05, 0) is 79.6 Å². The highest BCUT2D eigenvalue weighted by Gasteiger charge is 2.31. The van der Waals surface area contributed by atoms with Crippen molar-refractivity contribution in [3.8, 4) is 17.6 Å². The number of likely N-dealkylation sites (tertiary alicyclic amines) is 1. The molecule has 0 unspecified atom stereocenters. The third kappa shape index (κ3) is 6.56. The molecule has 3 heterocycles. The van der Waals surface area contributed by atoms with Gasteiger partial charge in [0.25, 0.3) is 0 Å². The molecule has 182 valence electrons. The molecule has 0 radical (unpaired) electrons. The first-order valence-electron chi connectivity index (χ1n) is 12.0. The molecular formula is C28H31N3O4. The Labute approximate surface area is 205 Å². The summed E-state index contributed by atoms with van der Waals surface area (Å²) in [7, 11) is 1.62. The van der Waals surface area contributed by atoms with Crippen LogP contribution in [0.3, 0.4) is 0 Å². The number of ether oxygens (including phenoxy) is 1. The Morgan fingerprint density at radius 2 is 2.03 bits per heavy atom. The molecular weight excluding hydrogens is 442 g/mol. The van der Waals surface area contributed by atoms with Gasteiger partial charge in [-0.15, -0.1) is 0 Å². The standard InChI is InChI=1S/C28H31N3O4/c1-35-23-5-6-26-25(18-23)24(10-14-30-26)27(32)7-4-21-11-16-31(19-22(21)17-28(33)34)15-2-3-20-8-12-29-13-9-20/h5-6,8-10,12-14,18,21-22,27,32H,4,7,11,15-17,19H2,1H3,(H,33,34)/t21-,22+,27+/m1/s1. The third-order valence-electron chi connectivity index (χ3n) is 6.78. The van der Waals surface area contributed by atoms with Crippen molar-refractivity contribution < 1.29 is 19.7 Å². The topological polar surface area (TPSA) is 95.8 Å². The van der Waals surface area contributed by atoms with Gasteiger partial charge in [0.05, 0.1) is 25.3 Å². The number of fused-ring (bicyclic) bond motifs is 1. The van der Waals surface area contributed by atoms with Crippen molar-refractivity contribution in [2.75, 3.05) is 26.7 Å². The summed E-state index contributed by atoms with van der Waals surface area (Å²) in [6, 6.07) is 11.3. The number of rotatable bonds is 8.